The summed E-state index contributed by atoms with van der Waals surface area (Å²) < 4.78 is 29.7. The molecule has 1 aromatic heterocycles. The van der Waals surface area contributed by atoms with E-state index in [0.29, 0.717) is 17.3 Å². The van der Waals surface area contributed by atoms with E-state index >= 15 is 0 Å². The van der Waals surface area contributed by atoms with Crippen LogP contribution in [0.15, 0.2) is 28.8 Å². The minimum Gasteiger partial charge on any atom is -0.338 e. The smallest absolute Gasteiger partial charge is 0.244 e. The van der Waals surface area contributed by atoms with E-state index < -0.39 is 16.1 Å². The first-order valence-corrected chi connectivity index (χ1v) is 8.14. The van der Waals surface area contributed by atoms with Gasteiger partial charge in [-0.25, -0.2) is 13.1 Å². The second kappa shape index (κ2) is 5.90. The van der Waals surface area contributed by atoms with E-state index in [4.69, 9.17) is 16.1 Å². The number of aromatic nitrogens is 2. The van der Waals surface area contributed by atoms with E-state index in [1.165, 1.54) is 0 Å². The van der Waals surface area contributed by atoms with Crippen molar-refractivity contribution >= 4 is 21.6 Å². The van der Waals surface area contributed by atoms with Gasteiger partial charge in [0.05, 0.1) is 12.3 Å². The van der Waals surface area contributed by atoms with Crippen LogP contribution in [0.5, 0.6) is 0 Å². The van der Waals surface area contributed by atoms with Crippen LogP contribution < -0.4 is 4.72 Å². The number of rotatable bonds is 5. The first-order chi connectivity index (χ1) is 9.33. The lowest BCUT2D eigenvalue weighted by Gasteiger charge is -2.05. The van der Waals surface area contributed by atoms with Gasteiger partial charge in [0.1, 0.15) is 0 Å². The summed E-state index contributed by atoms with van der Waals surface area (Å²) in [7, 11) is -3.32. The molecule has 6 nitrogen and oxygen atoms in total. The number of hydrogen-bond acceptors (Lipinski definition) is 5. The topological polar surface area (TPSA) is 85.1 Å². The summed E-state index contributed by atoms with van der Waals surface area (Å²) in [6.45, 7) is 1.64. The molecule has 0 bridgehead atoms. The molecule has 0 aliphatic rings. The van der Waals surface area contributed by atoms with Crippen molar-refractivity contribution in [1.29, 1.82) is 0 Å². The van der Waals surface area contributed by atoms with Crippen LogP contribution in [0.2, 0.25) is 5.02 Å². The first kappa shape index (κ1) is 15.0. The zero-order chi connectivity index (χ0) is 14.8. The minimum absolute atomic E-state index is 0.236. The molecule has 0 amide bonds. The van der Waals surface area contributed by atoms with Gasteiger partial charge < -0.3 is 4.52 Å². The fourth-order valence-corrected chi connectivity index (χ4v) is 2.54. The third-order valence-corrected chi connectivity index (χ3v) is 3.55. The van der Waals surface area contributed by atoms with Gasteiger partial charge in [-0.15, -0.1) is 0 Å². The summed E-state index contributed by atoms with van der Waals surface area (Å²) in [5, 5.41) is 4.49. The van der Waals surface area contributed by atoms with Gasteiger partial charge in [0.15, 0.2) is 5.82 Å². The third-order valence-electron chi connectivity index (χ3n) is 2.52. The highest BCUT2D eigenvalue weighted by Crippen LogP contribution is 2.14. The van der Waals surface area contributed by atoms with Gasteiger partial charge in [0, 0.05) is 11.4 Å². The maximum Gasteiger partial charge on any atom is 0.244 e. The van der Waals surface area contributed by atoms with Crippen molar-refractivity contribution in [2.24, 2.45) is 0 Å². The standard InChI is InChI=1S/C12H14ClN3O3S/c1-8(16-20(2,17)18)12-14-11(15-19-12)7-9-3-5-10(13)6-4-9/h3-6,8,16H,7H2,1-2H3. The number of nitrogens with zero attached hydrogens (tertiary/aromatic N) is 2. The van der Waals surface area contributed by atoms with Crippen LogP contribution in [0.25, 0.3) is 0 Å². The molecule has 108 valence electrons. The summed E-state index contributed by atoms with van der Waals surface area (Å²) in [5.74, 6) is 0.726. The van der Waals surface area contributed by atoms with Gasteiger partial charge in [-0.05, 0) is 24.6 Å². The van der Waals surface area contributed by atoms with E-state index in [9.17, 15) is 8.42 Å². The number of sulfonamides is 1. The van der Waals surface area contributed by atoms with Crippen molar-refractivity contribution in [3.63, 3.8) is 0 Å². The maximum absolute atomic E-state index is 11.1. The fourth-order valence-electron chi connectivity index (χ4n) is 1.67. The highest BCUT2D eigenvalue weighted by molar-refractivity contribution is 7.88. The SMILES string of the molecule is CC(NS(C)(=O)=O)c1nc(Cc2ccc(Cl)cc2)no1. The fraction of sp³-hybridized carbons (Fsp3) is 0.333. The molecule has 1 aromatic carbocycles. The van der Waals surface area contributed by atoms with E-state index in [0.717, 1.165) is 11.8 Å². The Morgan fingerprint density at radius 1 is 1.35 bits per heavy atom. The highest BCUT2D eigenvalue weighted by Gasteiger charge is 2.17. The van der Waals surface area contributed by atoms with Crippen molar-refractivity contribution in [3.05, 3.63) is 46.6 Å². The van der Waals surface area contributed by atoms with E-state index in [1.54, 1.807) is 19.1 Å². The molecule has 1 heterocycles. The molecular formula is C12H14ClN3O3S. The Hall–Kier alpha value is -1.44. The Bertz CT molecular complexity index is 682. The molecule has 0 fully saturated rings. The molecule has 1 unspecified atom stereocenters. The van der Waals surface area contributed by atoms with Crippen molar-refractivity contribution in [1.82, 2.24) is 14.9 Å². The molecule has 20 heavy (non-hydrogen) atoms. The molecule has 8 heteroatoms. The van der Waals surface area contributed by atoms with Gasteiger partial charge in [0.2, 0.25) is 15.9 Å². The van der Waals surface area contributed by atoms with E-state index in [2.05, 4.69) is 14.9 Å². The van der Waals surface area contributed by atoms with Gasteiger partial charge in [-0.2, -0.15) is 4.98 Å². The largest absolute Gasteiger partial charge is 0.338 e. The lowest BCUT2D eigenvalue weighted by molar-refractivity contribution is 0.350. The first-order valence-electron chi connectivity index (χ1n) is 5.88. The van der Waals surface area contributed by atoms with E-state index in [1.807, 2.05) is 12.1 Å². The summed E-state index contributed by atoms with van der Waals surface area (Å²) in [6, 6.07) is 6.75. The Morgan fingerprint density at radius 2 is 2.00 bits per heavy atom. The van der Waals surface area contributed by atoms with Crippen molar-refractivity contribution in [2.45, 2.75) is 19.4 Å². The molecule has 0 aliphatic carbocycles. The monoisotopic (exact) mass is 315 g/mol. The highest BCUT2D eigenvalue weighted by atomic mass is 35.5. The number of halogens is 1. The lowest BCUT2D eigenvalue weighted by Crippen LogP contribution is -2.25. The van der Waals surface area contributed by atoms with Crippen LogP contribution in [-0.2, 0) is 16.4 Å². The molecule has 0 aliphatic heterocycles. The second-order valence-electron chi connectivity index (χ2n) is 4.46. The number of benzene rings is 1. The minimum atomic E-state index is -3.32. The van der Waals surface area contributed by atoms with Gasteiger partial charge in [-0.1, -0.05) is 28.9 Å². The predicted molar refractivity (Wildman–Crippen MR) is 75.0 cm³/mol. The predicted octanol–water partition coefficient (Wildman–Crippen LogP) is 1.92. The second-order valence-corrected chi connectivity index (χ2v) is 6.68. The molecule has 0 radical (unpaired) electrons. The average molecular weight is 316 g/mol. The molecule has 2 aromatic rings. The third kappa shape index (κ3) is 4.29. The number of hydrogen-bond donors (Lipinski definition) is 1. The average Bonchev–Trinajstić information content (AvgIpc) is 2.79. The lowest BCUT2D eigenvalue weighted by atomic mass is 10.1. The van der Waals surface area contributed by atoms with Gasteiger partial charge in [0.25, 0.3) is 0 Å². The molecule has 1 atom stereocenters. The van der Waals surface area contributed by atoms with Crippen LogP contribution in [-0.4, -0.2) is 24.8 Å². The zero-order valence-corrected chi connectivity index (χ0v) is 12.6. The molecule has 0 saturated carbocycles. The molecule has 0 spiro atoms. The normalized spacial score (nSPS) is 13.3. The molecule has 0 saturated heterocycles. The van der Waals surface area contributed by atoms with Crippen LogP contribution in [0.1, 0.15) is 30.2 Å². The quantitative estimate of drug-likeness (QED) is 0.911. The zero-order valence-electron chi connectivity index (χ0n) is 11.0. The van der Waals surface area contributed by atoms with Crippen LogP contribution in [0, 0.1) is 0 Å². The summed E-state index contributed by atoms with van der Waals surface area (Å²) >= 11 is 5.81. The van der Waals surface area contributed by atoms with Gasteiger partial charge >= 0.3 is 0 Å². The maximum atomic E-state index is 11.1. The van der Waals surface area contributed by atoms with Crippen molar-refractivity contribution < 1.29 is 12.9 Å². The van der Waals surface area contributed by atoms with Crippen LogP contribution >= 0.6 is 11.6 Å². The summed E-state index contributed by atoms with van der Waals surface area (Å²) in [4.78, 5) is 4.17. The Labute approximate surface area is 122 Å². The Kier molecular flexibility index (Phi) is 4.42. The molecule has 1 N–H and O–H groups in total. The Balaban J connectivity index is 2.07. The summed E-state index contributed by atoms with van der Waals surface area (Å²) in [6.07, 6.45) is 1.57. The Morgan fingerprint density at radius 3 is 2.60 bits per heavy atom. The molecule has 2 rings (SSSR count). The van der Waals surface area contributed by atoms with Crippen LogP contribution in [0.4, 0.5) is 0 Å². The van der Waals surface area contributed by atoms with Crippen molar-refractivity contribution in [2.75, 3.05) is 6.26 Å². The van der Waals surface area contributed by atoms with Crippen molar-refractivity contribution in [3.8, 4) is 0 Å². The number of nitrogens with one attached hydrogen (secondary N) is 1. The van der Waals surface area contributed by atoms with E-state index in [-0.39, 0.29) is 5.89 Å². The van der Waals surface area contributed by atoms with Gasteiger partial charge in [-0.3, -0.25) is 0 Å². The molecular weight excluding hydrogens is 302 g/mol. The van der Waals surface area contributed by atoms with Crippen LogP contribution in [0.3, 0.4) is 0 Å². The summed E-state index contributed by atoms with van der Waals surface area (Å²) in [5.41, 5.74) is 0.991.